The van der Waals surface area contributed by atoms with Crippen molar-refractivity contribution in [1.29, 1.82) is 0 Å². The van der Waals surface area contributed by atoms with Gasteiger partial charge in [-0.2, -0.15) is 0 Å². The van der Waals surface area contributed by atoms with Crippen LogP contribution < -0.4 is 9.62 Å². The molecule has 1 aliphatic carbocycles. The van der Waals surface area contributed by atoms with Crippen LogP contribution in [0.2, 0.25) is 0 Å². The molecule has 0 aromatic heterocycles. The van der Waals surface area contributed by atoms with E-state index in [1.807, 2.05) is 6.07 Å². The highest BCUT2D eigenvalue weighted by Crippen LogP contribution is 2.30. The van der Waals surface area contributed by atoms with E-state index in [-0.39, 0.29) is 11.9 Å². The third-order valence-electron chi connectivity index (χ3n) is 5.25. The highest BCUT2D eigenvalue weighted by atomic mass is 32.2. The summed E-state index contributed by atoms with van der Waals surface area (Å²) in [5.41, 5.74) is 2.28. The van der Waals surface area contributed by atoms with E-state index in [1.54, 1.807) is 12.1 Å². The van der Waals surface area contributed by atoms with E-state index in [9.17, 15) is 13.2 Å². The van der Waals surface area contributed by atoms with Gasteiger partial charge in [-0.3, -0.25) is 9.10 Å². The number of hydrogen-bond donors (Lipinski definition) is 1. The monoisotopic (exact) mass is 350 g/mol. The topological polar surface area (TPSA) is 66.5 Å². The normalized spacial score (nSPS) is 24.3. The lowest BCUT2D eigenvalue weighted by atomic mass is 9.86. The van der Waals surface area contributed by atoms with Gasteiger partial charge in [-0.25, -0.2) is 8.42 Å². The van der Waals surface area contributed by atoms with Gasteiger partial charge >= 0.3 is 0 Å². The van der Waals surface area contributed by atoms with Crippen LogP contribution in [0.3, 0.4) is 0 Å². The van der Waals surface area contributed by atoms with Crippen LogP contribution in [-0.4, -0.2) is 33.2 Å². The first-order chi connectivity index (χ1) is 11.4. The Morgan fingerprint density at radius 1 is 1.21 bits per heavy atom. The molecule has 6 heteroatoms. The van der Waals surface area contributed by atoms with Crippen molar-refractivity contribution in [3.8, 4) is 0 Å². The first-order valence-corrected chi connectivity index (χ1v) is 10.6. The second-order valence-electron chi connectivity index (χ2n) is 7.12. The van der Waals surface area contributed by atoms with Crippen LogP contribution in [0, 0.1) is 5.92 Å². The van der Waals surface area contributed by atoms with Gasteiger partial charge in [-0.1, -0.05) is 19.8 Å². The average molecular weight is 350 g/mol. The second kappa shape index (κ2) is 6.75. The zero-order valence-electron chi connectivity index (χ0n) is 14.4. The first kappa shape index (κ1) is 17.3. The lowest BCUT2D eigenvalue weighted by Gasteiger charge is -2.31. The van der Waals surface area contributed by atoms with Crippen molar-refractivity contribution >= 4 is 21.6 Å². The minimum atomic E-state index is -3.27. The summed E-state index contributed by atoms with van der Waals surface area (Å²) in [7, 11) is -3.27. The van der Waals surface area contributed by atoms with Gasteiger partial charge in [0.15, 0.2) is 0 Å². The molecule has 5 nitrogen and oxygen atoms in total. The summed E-state index contributed by atoms with van der Waals surface area (Å²) in [6.07, 6.45) is 7.44. The predicted molar refractivity (Wildman–Crippen MR) is 95.8 cm³/mol. The van der Waals surface area contributed by atoms with Crippen molar-refractivity contribution in [3.05, 3.63) is 29.3 Å². The molecule has 1 amide bonds. The number of benzene rings is 1. The summed E-state index contributed by atoms with van der Waals surface area (Å²) in [5.74, 6) is 0.467. The third-order valence-corrected chi connectivity index (χ3v) is 6.43. The molecule has 1 saturated carbocycles. The number of aryl methyl sites for hydroxylation is 1. The van der Waals surface area contributed by atoms with Crippen molar-refractivity contribution in [2.75, 3.05) is 17.1 Å². The Bertz CT molecular complexity index is 730. The number of carbonyl (C=O) groups excluding carboxylic acids is 1. The number of fused-ring (bicyclic) bond motifs is 1. The lowest BCUT2D eigenvalue weighted by Crippen LogP contribution is -2.41. The van der Waals surface area contributed by atoms with E-state index in [1.165, 1.54) is 29.8 Å². The number of rotatable bonds is 3. The van der Waals surface area contributed by atoms with Crippen molar-refractivity contribution in [3.63, 3.8) is 0 Å². The molecule has 2 atom stereocenters. The Morgan fingerprint density at radius 3 is 2.67 bits per heavy atom. The quantitative estimate of drug-likeness (QED) is 0.911. The van der Waals surface area contributed by atoms with Crippen LogP contribution in [0.4, 0.5) is 5.69 Å². The number of carbonyl (C=O) groups is 1. The van der Waals surface area contributed by atoms with Crippen LogP contribution in [0.25, 0.3) is 0 Å². The molecule has 0 spiro atoms. The fraction of sp³-hybridized carbons (Fsp3) is 0.611. The molecule has 0 saturated heterocycles. The molecule has 24 heavy (non-hydrogen) atoms. The summed E-state index contributed by atoms with van der Waals surface area (Å²) in [6.45, 7) is 2.71. The van der Waals surface area contributed by atoms with E-state index in [4.69, 9.17) is 0 Å². The van der Waals surface area contributed by atoms with Crippen LogP contribution in [0.5, 0.6) is 0 Å². The van der Waals surface area contributed by atoms with Gasteiger partial charge in [0.1, 0.15) is 0 Å². The molecular weight excluding hydrogens is 324 g/mol. The van der Waals surface area contributed by atoms with E-state index in [2.05, 4.69) is 12.2 Å². The highest BCUT2D eigenvalue weighted by molar-refractivity contribution is 7.92. The van der Waals surface area contributed by atoms with Gasteiger partial charge in [0.2, 0.25) is 10.0 Å². The van der Waals surface area contributed by atoms with Crippen LogP contribution in [0.1, 0.15) is 54.9 Å². The Morgan fingerprint density at radius 2 is 1.96 bits per heavy atom. The molecule has 132 valence electrons. The van der Waals surface area contributed by atoms with Gasteiger partial charge in [0, 0.05) is 18.2 Å². The molecule has 1 aromatic rings. The number of amides is 1. The minimum absolute atomic E-state index is 0.0481. The average Bonchev–Trinajstić information content (AvgIpc) is 2.55. The zero-order valence-corrected chi connectivity index (χ0v) is 15.2. The number of nitrogens with zero attached hydrogens (tertiary/aromatic N) is 1. The Labute approximate surface area is 144 Å². The SMILES string of the molecule is C[C@@H]1CCCC[C@@H]1NC(=O)c1ccc2c(c1)CCCN2S(C)(=O)=O. The number of hydrogen-bond acceptors (Lipinski definition) is 3. The van der Waals surface area contributed by atoms with Gasteiger partial charge in [0.25, 0.3) is 5.91 Å². The van der Waals surface area contributed by atoms with E-state index >= 15 is 0 Å². The van der Waals surface area contributed by atoms with Crippen molar-refractivity contribution < 1.29 is 13.2 Å². The molecule has 0 unspecified atom stereocenters. The smallest absolute Gasteiger partial charge is 0.251 e. The third kappa shape index (κ3) is 3.58. The fourth-order valence-electron chi connectivity index (χ4n) is 3.83. The van der Waals surface area contributed by atoms with E-state index in [0.717, 1.165) is 24.8 Å². The predicted octanol–water partition coefficient (Wildman–Crippen LogP) is 2.71. The summed E-state index contributed by atoms with van der Waals surface area (Å²) < 4.78 is 25.3. The molecule has 1 fully saturated rings. The Balaban J connectivity index is 1.79. The Kier molecular flexibility index (Phi) is 4.85. The molecule has 0 radical (unpaired) electrons. The number of sulfonamides is 1. The number of nitrogens with one attached hydrogen (secondary N) is 1. The molecule has 0 bridgehead atoms. The maximum absolute atomic E-state index is 12.6. The molecule has 1 N–H and O–H groups in total. The van der Waals surface area contributed by atoms with Crippen LogP contribution in [-0.2, 0) is 16.4 Å². The maximum atomic E-state index is 12.6. The minimum Gasteiger partial charge on any atom is -0.349 e. The maximum Gasteiger partial charge on any atom is 0.251 e. The fourth-order valence-corrected chi connectivity index (χ4v) is 4.83. The largest absolute Gasteiger partial charge is 0.349 e. The molecule has 1 aliphatic heterocycles. The summed E-state index contributed by atoms with van der Waals surface area (Å²) in [6, 6.07) is 5.62. The van der Waals surface area contributed by atoms with Crippen molar-refractivity contribution in [1.82, 2.24) is 5.32 Å². The van der Waals surface area contributed by atoms with Crippen molar-refractivity contribution in [2.24, 2.45) is 5.92 Å². The molecule has 1 aromatic carbocycles. The highest BCUT2D eigenvalue weighted by Gasteiger charge is 2.26. The number of anilines is 1. The zero-order chi connectivity index (χ0) is 17.3. The lowest BCUT2D eigenvalue weighted by molar-refractivity contribution is 0.0910. The van der Waals surface area contributed by atoms with Gasteiger partial charge < -0.3 is 5.32 Å². The molecule has 1 heterocycles. The van der Waals surface area contributed by atoms with Crippen molar-refractivity contribution in [2.45, 2.75) is 51.5 Å². The standard InChI is InChI=1S/C18H26N2O3S/c1-13-6-3-4-8-16(13)19-18(21)15-9-10-17-14(12-15)7-5-11-20(17)24(2,22)23/h9-10,12-13,16H,3-8,11H2,1-2H3,(H,19,21)/t13-,16+/m1/s1. The summed E-state index contributed by atoms with van der Waals surface area (Å²) in [4.78, 5) is 12.6. The summed E-state index contributed by atoms with van der Waals surface area (Å²) >= 11 is 0. The van der Waals surface area contributed by atoms with Gasteiger partial charge in [-0.15, -0.1) is 0 Å². The van der Waals surface area contributed by atoms with Crippen LogP contribution >= 0.6 is 0 Å². The molecule has 2 aliphatic rings. The first-order valence-electron chi connectivity index (χ1n) is 8.78. The second-order valence-corrected chi connectivity index (χ2v) is 9.03. The Hall–Kier alpha value is -1.56. The van der Waals surface area contributed by atoms with E-state index in [0.29, 0.717) is 23.7 Å². The van der Waals surface area contributed by atoms with Gasteiger partial charge in [-0.05, 0) is 55.4 Å². The van der Waals surface area contributed by atoms with Crippen LogP contribution in [0.15, 0.2) is 18.2 Å². The van der Waals surface area contributed by atoms with Gasteiger partial charge in [0.05, 0.1) is 11.9 Å². The molecular formula is C18H26N2O3S. The summed E-state index contributed by atoms with van der Waals surface area (Å²) in [5, 5.41) is 3.16. The van der Waals surface area contributed by atoms with E-state index < -0.39 is 10.0 Å². The molecule has 3 rings (SSSR count).